The number of halogens is 1. The number of aromatic nitrogens is 3. The lowest BCUT2D eigenvalue weighted by Gasteiger charge is -2.16. The number of hydrogen-bond acceptors (Lipinski definition) is 7. The lowest BCUT2D eigenvalue weighted by molar-refractivity contribution is 0.196. The monoisotopic (exact) mass is 436 g/mol. The van der Waals surface area contributed by atoms with E-state index in [1.54, 1.807) is 0 Å². The largest absolute Gasteiger partial charge is 0.455 e. The number of ether oxygens (including phenoxy) is 1. The maximum Gasteiger partial charge on any atom is 0.247 e. The molecule has 3 heterocycles. The van der Waals surface area contributed by atoms with Gasteiger partial charge in [0.25, 0.3) is 0 Å². The number of rotatable bonds is 4. The van der Waals surface area contributed by atoms with E-state index in [1.807, 2.05) is 67.6 Å². The summed E-state index contributed by atoms with van der Waals surface area (Å²) in [4.78, 5) is 4.58. The molecule has 30 heavy (non-hydrogen) atoms. The highest BCUT2D eigenvalue weighted by Crippen LogP contribution is 2.40. The summed E-state index contributed by atoms with van der Waals surface area (Å²) in [5.41, 5.74) is 3.29. The van der Waals surface area contributed by atoms with Gasteiger partial charge in [-0.2, -0.15) is 4.98 Å². The standard InChI is InChI=1S/C22H17ClN4O2S/c1-2-30-22-25-21-19(26-27-22)15-5-3-4-6-16(15)24-20(29-21)18-12-11-17(28-18)13-7-9-14(23)10-8-13/h3-12,20,24H,2H2,1H3/t20-/m0/s1. The summed E-state index contributed by atoms with van der Waals surface area (Å²) in [5, 5.41) is 13.3. The molecule has 0 fully saturated rings. The van der Waals surface area contributed by atoms with Crippen LogP contribution < -0.4 is 10.1 Å². The molecule has 4 aromatic rings. The number of hydrogen-bond donors (Lipinski definition) is 1. The second-order valence-corrected chi connectivity index (χ2v) is 8.25. The molecule has 1 N–H and O–H groups in total. The van der Waals surface area contributed by atoms with Crippen LogP contribution >= 0.6 is 23.4 Å². The van der Waals surface area contributed by atoms with Crippen LogP contribution in [0.15, 0.2) is 70.2 Å². The summed E-state index contributed by atoms with van der Waals surface area (Å²) in [6, 6.07) is 19.2. The predicted octanol–water partition coefficient (Wildman–Crippen LogP) is 6.07. The lowest BCUT2D eigenvalue weighted by atomic mass is 10.1. The third-order valence-corrected chi connectivity index (χ3v) is 5.59. The smallest absolute Gasteiger partial charge is 0.247 e. The fourth-order valence-corrected chi connectivity index (χ4v) is 3.86. The molecule has 1 aliphatic heterocycles. The molecule has 0 unspecified atom stereocenters. The van der Waals surface area contributed by atoms with Crippen LogP contribution in [0.3, 0.4) is 0 Å². The number of nitrogens with zero attached hydrogens (tertiary/aromatic N) is 3. The van der Waals surface area contributed by atoms with Gasteiger partial charge in [-0.05, 0) is 48.2 Å². The third kappa shape index (κ3) is 3.62. The molecule has 0 amide bonds. The Bertz CT molecular complexity index is 1200. The molecule has 0 spiro atoms. The highest BCUT2D eigenvalue weighted by molar-refractivity contribution is 7.99. The molecule has 0 saturated carbocycles. The molecule has 5 rings (SSSR count). The molecule has 0 bridgehead atoms. The van der Waals surface area contributed by atoms with Gasteiger partial charge in [0.1, 0.15) is 5.76 Å². The Morgan fingerprint density at radius 1 is 1.03 bits per heavy atom. The minimum Gasteiger partial charge on any atom is -0.455 e. The number of nitrogens with one attached hydrogen (secondary N) is 1. The summed E-state index contributed by atoms with van der Waals surface area (Å²) in [5.74, 6) is 2.63. The number of fused-ring (bicyclic) bond motifs is 3. The number of anilines is 1. The predicted molar refractivity (Wildman–Crippen MR) is 118 cm³/mol. The summed E-state index contributed by atoms with van der Waals surface area (Å²) >= 11 is 7.51. The Balaban J connectivity index is 1.54. The Kier molecular flexibility index (Phi) is 5.06. The van der Waals surface area contributed by atoms with Crippen LogP contribution in [0.25, 0.3) is 22.6 Å². The molecule has 1 atom stereocenters. The van der Waals surface area contributed by atoms with E-state index in [9.17, 15) is 0 Å². The van der Waals surface area contributed by atoms with Gasteiger partial charge in [-0.25, -0.2) is 0 Å². The Morgan fingerprint density at radius 3 is 2.70 bits per heavy atom. The van der Waals surface area contributed by atoms with E-state index >= 15 is 0 Å². The average Bonchev–Trinajstić information content (AvgIpc) is 3.19. The first kappa shape index (κ1) is 19.0. The van der Waals surface area contributed by atoms with Gasteiger partial charge in [-0.15, -0.1) is 10.2 Å². The second kappa shape index (κ2) is 8.01. The van der Waals surface area contributed by atoms with Gasteiger partial charge >= 0.3 is 0 Å². The molecule has 150 valence electrons. The first-order valence-corrected chi connectivity index (χ1v) is 10.8. The van der Waals surface area contributed by atoms with Gasteiger partial charge in [0.05, 0.1) is 0 Å². The summed E-state index contributed by atoms with van der Waals surface area (Å²) < 4.78 is 12.3. The Morgan fingerprint density at radius 2 is 1.87 bits per heavy atom. The van der Waals surface area contributed by atoms with Crippen molar-refractivity contribution in [2.75, 3.05) is 11.1 Å². The van der Waals surface area contributed by atoms with Gasteiger partial charge in [-0.1, -0.05) is 48.5 Å². The van der Waals surface area contributed by atoms with E-state index < -0.39 is 6.23 Å². The van der Waals surface area contributed by atoms with Crippen LogP contribution in [0.2, 0.25) is 5.02 Å². The topological polar surface area (TPSA) is 73.1 Å². The van der Waals surface area contributed by atoms with Crippen molar-refractivity contribution in [2.24, 2.45) is 0 Å². The minimum atomic E-state index is -0.565. The van der Waals surface area contributed by atoms with E-state index in [4.69, 9.17) is 20.8 Å². The zero-order chi connectivity index (χ0) is 20.5. The molecule has 0 aliphatic carbocycles. The van der Waals surface area contributed by atoms with Gasteiger partial charge in [0.2, 0.25) is 17.3 Å². The molecular formula is C22H17ClN4O2S. The molecule has 8 heteroatoms. The Labute approximate surface area is 182 Å². The van der Waals surface area contributed by atoms with Crippen molar-refractivity contribution >= 4 is 29.1 Å². The van der Waals surface area contributed by atoms with Crippen molar-refractivity contribution in [3.05, 3.63) is 71.4 Å². The zero-order valence-corrected chi connectivity index (χ0v) is 17.6. The number of furan rings is 1. The minimum absolute atomic E-state index is 0.424. The molecule has 6 nitrogen and oxygen atoms in total. The average molecular weight is 437 g/mol. The zero-order valence-electron chi connectivity index (χ0n) is 16.0. The quantitative estimate of drug-likeness (QED) is 0.389. The number of thioether (sulfide) groups is 1. The number of para-hydroxylation sites is 1. The molecule has 2 aromatic carbocycles. The van der Waals surface area contributed by atoms with Gasteiger partial charge in [-0.3, -0.25) is 0 Å². The number of benzene rings is 2. The highest BCUT2D eigenvalue weighted by Gasteiger charge is 2.28. The molecule has 1 aliphatic rings. The fourth-order valence-electron chi connectivity index (χ4n) is 3.23. The molecule has 2 aromatic heterocycles. The SMILES string of the molecule is CCSc1nnc2c(n1)O[C@@H](c1ccc(-c3ccc(Cl)cc3)o1)Nc1ccccc1-2. The van der Waals surface area contributed by atoms with Crippen LogP contribution in [0.1, 0.15) is 18.9 Å². The van der Waals surface area contributed by atoms with E-state index in [2.05, 4.69) is 20.5 Å². The maximum atomic E-state index is 6.23. The van der Waals surface area contributed by atoms with Crippen molar-refractivity contribution in [1.29, 1.82) is 0 Å². The van der Waals surface area contributed by atoms with Crippen molar-refractivity contribution in [2.45, 2.75) is 18.3 Å². The van der Waals surface area contributed by atoms with Crippen molar-refractivity contribution in [3.8, 4) is 28.5 Å². The summed E-state index contributed by atoms with van der Waals surface area (Å²) in [7, 11) is 0. The Hall–Kier alpha value is -3.03. The van der Waals surface area contributed by atoms with Gasteiger partial charge in [0, 0.05) is 21.8 Å². The molecular weight excluding hydrogens is 420 g/mol. The summed E-state index contributed by atoms with van der Waals surface area (Å²) in [6.45, 7) is 2.04. The van der Waals surface area contributed by atoms with Crippen molar-refractivity contribution < 1.29 is 9.15 Å². The van der Waals surface area contributed by atoms with E-state index in [0.29, 0.717) is 27.5 Å². The summed E-state index contributed by atoms with van der Waals surface area (Å²) in [6.07, 6.45) is -0.565. The van der Waals surface area contributed by atoms with Crippen molar-refractivity contribution in [1.82, 2.24) is 15.2 Å². The maximum absolute atomic E-state index is 6.23. The first-order valence-electron chi connectivity index (χ1n) is 9.47. The van der Waals surface area contributed by atoms with Gasteiger partial charge < -0.3 is 14.5 Å². The highest BCUT2D eigenvalue weighted by atomic mass is 35.5. The normalized spacial score (nSPS) is 14.8. The van der Waals surface area contributed by atoms with Crippen molar-refractivity contribution in [3.63, 3.8) is 0 Å². The lowest BCUT2D eigenvalue weighted by Crippen LogP contribution is -2.16. The van der Waals surface area contributed by atoms with E-state index in [0.717, 1.165) is 28.3 Å². The van der Waals surface area contributed by atoms with Crippen LogP contribution in [-0.2, 0) is 0 Å². The van der Waals surface area contributed by atoms with Crippen LogP contribution in [0, 0.1) is 0 Å². The third-order valence-electron chi connectivity index (χ3n) is 4.62. The second-order valence-electron chi connectivity index (χ2n) is 6.58. The first-order chi connectivity index (χ1) is 14.7. The molecule has 0 saturated heterocycles. The van der Waals surface area contributed by atoms with E-state index in [1.165, 1.54) is 11.8 Å². The molecule has 0 radical (unpaired) electrons. The van der Waals surface area contributed by atoms with Crippen LogP contribution in [-0.4, -0.2) is 20.9 Å². The fraction of sp³-hybridized carbons (Fsp3) is 0.136. The van der Waals surface area contributed by atoms with E-state index in [-0.39, 0.29) is 0 Å². The van der Waals surface area contributed by atoms with Crippen LogP contribution in [0.5, 0.6) is 5.88 Å². The van der Waals surface area contributed by atoms with Gasteiger partial charge in [0.15, 0.2) is 11.5 Å². The van der Waals surface area contributed by atoms with Crippen LogP contribution in [0.4, 0.5) is 5.69 Å².